The number of nitrogens with one attached hydrogen (secondary N) is 3. The quantitative estimate of drug-likeness (QED) is 0.273. The Morgan fingerprint density at radius 3 is 2.80 bits per heavy atom. The molecule has 3 aromatic rings. The normalized spacial score (nSPS) is 17.6. The maximum atomic E-state index is 13.6. The fraction of sp³-hybridized carbons (Fsp3) is 0.200. The topological polar surface area (TPSA) is 100 Å². The average Bonchev–Trinajstić information content (AvgIpc) is 3.34. The highest BCUT2D eigenvalue weighted by Crippen LogP contribution is 2.29. The summed E-state index contributed by atoms with van der Waals surface area (Å²) in [4.78, 5) is 28.1. The first-order valence-corrected chi connectivity index (χ1v) is 10.5. The summed E-state index contributed by atoms with van der Waals surface area (Å²) >= 11 is 1.94. The summed E-state index contributed by atoms with van der Waals surface area (Å²) in [6.45, 7) is 0. The molecule has 3 N–H and O–H groups in total. The van der Waals surface area contributed by atoms with Crippen LogP contribution in [-0.4, -0.2) is 32.5 Å². The molecule has 1 saturated carbocycles. The summed E-state index contributed by atoms with van der Waals surface area (Å²) in [5.41, 5.74) is 2.25. The summed E-state index contributed by atoms with van der Waals surface area (Å²) in [6, 6.07) is 6.97. The lowest BCUT2D eigenvalue weighted by Gasteiger charge is -2.12. The van der Waals surface area contributed by atoms with Crippen LogP contribution in [0.1, 0.15) is 24.8 Å². The van der Waals surface area contributed by atoms with Crippen LogP contribution in [0.3, 0.4) is 0 Å². The Morgan fingerprint density at radius 1 is 1.27 bits per heavy atom. The number of benzene rings is 1. The van der Waals surface area contributed by atoms with Gasteiger partial charge in [0.15, 0.2) is 5.65 Å². The molecule has 1 aliphatic heterocycles. The van der Waals surface area contributed by atoms with Crippen molar-refractivity contribution in [3.8, 4) is 0 Å². The van der Waals surface area contributed by atoms with Gasteiger partial charge >= 0.3 is 0 Å². The van der Waals surface area contributed by atoms with E-state index in [1.54, 1.807) is 28.9 Å². The van der Waals surface area contributed by atoms with Crippen LogP contribution < -0.4 is 16.0 Å². The standard InChI is InChI=1S/C20H16FIN6O2/c21-14-4-3-13(7-15(14)22)24-16-8-17(25-12-1-2-12)28-19(26-16)11(9-23-28)5-10-6-18(29)27-20(10)30/h3-5,7-9,12,25H,1-2,6H2,(H,24,26)(H,27,29,30)/b10-5+. The Labute approximate surface area is 184 Å². The minimum atomic E-state index is -0.397. The number of fused-ring (bicyclic) bond motifs is 1. The van der Waals surface area contributed by atoms with Gasteiger partial charge in [-0.1, -0.05) is 0 Å². The number of hydrogen-bond donors (Lipinski definition) is 3. The Hall–Kier alpha value is -3.02. The van der Waals surface area contributed by atoms with Crippen molar-refractivity contribution in [1.82, 2.24) is 19.9 Å². The lowest BCUT2D eigenvalue weighted by molar-refractivity contribution is -0.124. The maximum Gasteiger partial charge on any atom is 0.254 e. The van der Waals surface area contributed by atoms with Crippen LogP contribution in [0.5, 0.6) is 0 Å². The third-order valence-electron chi connectivity index (χ3n) is 4.85. The van der Waals surface area contributed by atoms with Gasteiger partial charge in [0.25, 0.3) is 5.91 Å². The van der Waals surface area contributed by atoms with E-state index in [9.17, 15) is 14.0 Å². The van der Waals surface area contributed by atoms with Gasteiger partial charge in [-0.25, -0.2) is 9.37 Å². The smallest absolute Gasteiger partial charge is 0.254 e. The summed E-state index contributed by atoms with van der Waals surface area (Å²) in [5, 5.41) is 13.3. The van der Waals surface area contributed by atoms with Gasteiger partial charge in [0.1, 0.15) is 17.5 Å². The van der Waals surface area contributed by atoms with Crippen molar-refractivity contribution in [2.24, 2.45) is 0 Å². The zero-order valence-corrected chi connectivity index (χ0v) is 17.7. The third-order valence-corrected chi connectivity index (χ3v) is 5.67. The highest BCUT2D eigenvalue weighted by molar-refractivity contribution is 14.1. The van der Waals surface area contributed by atoms with Gasteiger partial charge < -0.3 is 10.6 Å². The first-order chi connectivity index (χ1) is 14.5. The van der Waals surface area contributed by atoms with E-state index in [1.807, 2.05) is 28.7 Å². The first kappa shape index (κ1) is 19.0. The Kier molecular flexibility index (Phi) is 4.65. The zero-order chi connectivity index (χ0) is 20.8. The monoisotopic (exact) mass is 518 g/mol. The second-order valence-electron chi connectivity index (χ2n) is 7.26. The van der Waals surface area contributed by atoms with Gasteiger partial charge in [0.2, 0.25) is 5.91 Å². The van der Waals surface area contributed by atoms with Gasteiger partial charge in [-0.2, -0.15) is 9.61 Å². The number of amides is 2. The summed E-state index contributed by atoms with van der Waals surface area (Å²) in [6.07, 6.45) is 5.47. The molecular weight excluding hydrogens is 502 g/mol. The van der Waals surface area contributed by atoms with Crippen molar-refractivity contribution in [3.05, 3.63) is 51.0 Å². The lowest BCUT2D eigenvalue weighted by atomic mass is 10.1. The van der Waals surface area contributed by atoms with E-state index in [0.717, 1.165) is 18.7 Å². The molecule has 1 saturated heterocycles. The van der Waals surface area contributed by atoms with E-state index >= 15 is 0 Å². The fourth-order valence-electron chi connectivity index (χ4n) is 3.22. The molecule has 8 nitrogen and oxygen atoms in total. The summed E-state index contributed by atoms with van der Waals surface area (Å²) in [7, 11) is 0. The lowest BCUT2D eigenvalue weighted by Crippen LogP contribution is -2.19. The van der Waals surface area contributed by atoms with E-state index in [2.05, 4.69) is 26.0 Å². The largest absolute Gasteiger partial charge is 0.367 e. The minimum Gasteiger partial charge on any atom is -0.367 e. The van der Waals surface area contributed by atoms with Crippen LogP contribution in [0, 0.1) is 9.39 Å². The molecular formula is C20H16FIN6O2. The van der Waals surface area contributed by atoms with Crippen LogP contribution in [0.4, 0.5) is 21.7 Å². The molecule has 0 bridgehead atoms. The number of halogens is 2. The van der Waals surface area contributed by atoms with Crippen LogP contribution in [0.2, 0.25) is 0 Å². The first-order valence-electron chi connectivity index (χ1n) is 9.38. The molecule has 10 heteroatoms. The molecule has 2 fully saturated rings. The van der Waals surface area contributed by atoms with Crippen molar-refractivity contribution >= 4 is 63.5 Å². The van der Waals surface area contributed by atoms with Crippen molar-refractivity contribution in [2.45, 2.75) is 25.3 Å². The molecule has 0 spiro atoms. The summed E-state index contributed by atoms with van der Waals surface area (Å²) in [5.74, 6) is 0.319. The van der Waals surface area contributed by atoms with Crippen molar-refractivity contribution < 1.29 is 14.0 Å². The molecule has 3 heterocycles. The van der Waals surface area contributed by atoms with E-state index < -0.39 is 5.91 Å². The van der Waals surface area contributed by atoms with Gasteiger partial charge in [-0.15, -0.1) is 0 Å². The molecule has 152 valence electrons. The molecule has 5 rings (SSSR count). The number of nitrogens with zero attached hydrogens (tertiary/aromatic N) is 3. The third kappa shape index (κ3) is 3.74. The Morgan fingerprint density at radius 2 is 2.10 bits per heavy atom. The van der Waals surface area contributed by atoms with Crippen LogP contribution in [0.15, 0.2) is 36.0 Å². The van der Waals surface area contributed by atoms with Crippen molar-refractivity contribution in [1.29, 1.82) is 0 Å². The second-order valence-corrected chi connectivity index (χ2v) is 8.42. The van der Waals surface area contributed by atoms with Gasteiger partial charge in [-0.3, -0.25) is 14.9 Å². The number of carbonyl (C=O) groups is 2. The second kappa shape index (κ2) is 7.35. The predicted octanol–water partition coefficient (Wildman–Crippen LogP) is 3.22. The molecule has 2 amide bonds. The molecule has 1 aromatic carbocycles. The number of carbonyl (C=O) groups excluding carboxylic acids is 2. The fourth-order valence-corrected chi connectivity index (χ4v) is 3.73. The molecule has 2 aliphatic rings. The van der Waals surface area contributed by atoms with E-state index in [0.29, 0.717) is 37.9 Å². The molecule has 0 radical (unpaired) electrons. The number of anilines is 3. The van der Waals surface area contributed by atoms with E-state index in [-0.39, 0.29) is 18.1 Å². The van der Waals surface area contributed by atoms with Crippen LogP contribution >= 0.6 is 22.6 Å². The number of imide groups is 1. The molecule has 0 atom stereocenters. The van der Waals surface area contributed by atoms with Crippen molar-refractivity contribution in [2.75, 3.05) is 10.6 Å². The van der Waals surface area contributed by atoms with Gasteiger partial charge in [0.05, 0.1) is 16.2 Å². The van der Waals surface area contributed by atoms with Gasteiger partial charge in [-0.05, 0) is 59.7 Å². The Bertz CT molecular complexity index is 1230. The average molecular weight is 518 g/mol. The highest BCUT2D eigenvalue weighted by atomic mass is 127. The number of aromatic nitrogens is 3. The zero-order valence-electron chi connectivity index (χ0n) is 15.6. The Balaban J connectivity index is 1.57. The van der Waals surface area contributed by atoms with Crippen LogP contribution in [-0.2, 0) is 9.59 Å². The highest BCUT2D eigenvalue weighted by Gasteiger charge is 2.25. The van der Waals surface area contributed by atoms with Gasteiger partial charge in [0, 0.05) is 28.9 Å². The summed E-state index contributed by atoms with van der Waals surface area (Å²) < 4.78 is 15.8. The number of rotatable bonds is 5. The minimum absolute atomic E-state index is 0.0370. The van der Waals surface area contributed by atoms with Crippen LogP contribution in [0.25, 0.3) is 11.7 Å². The molecule has 1 aliphatic carbocycles. The van der Waals surface area contributed by atoms with E-state index in [4.69, 9.17) is 0 Å². The van der Waals surface area contributed by atoms with E-state index in [1.165, 1.54) is 6.07 Å². The van der Waals surface area contributed by atoms with Crippen molar-refractivity contribution in [3.63, 3.8) is 0 Å². The number of hydrogen-bond acceptors (Lipinski definition) is 6. The SMILES string of the molecule is O=C1C/C(=C\c2cnn3c(NC4CC4)cc(Nc4ccc(F)c(I)c4)nc23)C(=O)N1. The maximum absolute atomic E-state index is 13.6. The molecule has 2 aromatic heterocycles. The molecule has 0 unspecified atom stereocenters. The predicted molar refractivity (Wildman–Crippen MR) is 118 cm³/mol. The molecule has 30 heavy (non-hydrogen) atoms.